The Bertz CT molecular complexity index is 607. The molecular weight excluding hydrogens is 260 g/mol. The van der Waals surface area contributed by atoms with Gasteiger partial charge in [0.1, 0.15) is 11.5 Å². The molecule has 2 N–H and O–H groups in total. The van der Waals surface area contributed by atoms with Gasteiger partial charge in [0.05, 0.1) is 19.4 Å². The van der Waals surface area contributed by atoms with Crippen LogP contribution in [-0.4, -0.2) is 34.3 Å². The number of aromatic amines is 1. The van der Waals surface area contributed by atoms with Gasteiger partial charge in [0, 0.05) is 5.56 Å². The quantitative estimate of drug-likeness (QED) is 0.847. The Morgan fingerprint density at radius 1 is 1.25 bits per heavy atom. The van der Waals surface area contributed by atoms with Crippen LogP contribution < -0.4 is 9.47 Å². The van der Waals surface area contributed by atoms with Gasteiger partial charge >= 0.3 is 5.97 Å². The van der Waals surface area contributed by atoms with Crippen molar-refractivity contribution in [3.63, 3.8) is 0 Å². The Kier molecular flexibility index (Phi) is 4.24. The lowest BCUT2D eigenvalue weighted by atomic mass is 10.2. The molecule has 1 aromatic carbocycles. The highest BCUT2D eigenvalue weighted by Gasteiger charge is 2.12. The van der Waals surface area contributed by atoms with Crippen LogP contribution in [0, 0.1) is 0 Å². The molecule has 6 nitrogen and oxygen atoms in total. The second-order valence-corrected chi connectivity index (χ2v) is 3.98. The number of aromatic carboxylic acids is 1. The van der Waals surface area contributed by atoms with Crippen LogP contribution in [0.15, 0.2) is 24.4 Å². The van der Waals surface area contributed by atoms with Gasteiger partial charge in [-0.2, -0.15) is 0 Å². The molecule has 0 aliphatic heterocycles. The van der Waals surface area contributed by atoms with Gasteiger partial charge in [-0.15, -0.1) is 0 Å². The van der Waals surface area contributed by atoms with Gasteiger partial charge in [0.25, 0.3) is 0 Å². The van der Waals surface area contributed by atoms with Crippen LogP contribution >= 0.6 is 0 Å². The van der Waals surface area contributed by atoms with Crippen molar-refractivity contribution in [2.45, 2.75) is 13.8 Å². The molecule has 0 bridgehead atoms. The Hall–Kier alpha value is -2.50. The van der Waals surface area contributed by atoms with E-state index < -0.39 is 5.97 Å². The average Bonchev–Trinajstić information content (AvgIpc) is 2.91. The molecule has 0 amide bonds. The van der Waals surface area contributed by atoms with E-state index in [0.717, 1.165) is 5.56 Å². The molecule has 2 rings (SSSR count). The van der Waals surface area contributed by atoms with E-state index in [2.05, 4.69) is 9.97 Å². The summed E-state index contributed by atoms with van der Waals surface area (Å²) < 4.78 is 11.0. The molecule has 0 fully saturated rings. The Morgan fingerprint density at radius 3 is 2.55 bits per heavy atom. The fraction of sp³-hybridized carbons (Fsp3) is 0.286. The number of aromatic nitrogens is 2. The summed E-state index contributed by atoms with van der Waals surface area (Å²) in [6, 6.07) is 5.36. The van der Waals surface area contributed by atoms with Crippen LogP contribution in [0.3, 0.4) is 0 Å². The lowest BCUT2D eigenvalue weighted by molar-refractivity contribution is 0.0691. The first-order valence-electron chi connectivity index (χ1n) is 6.34. The van der Waals surface area contributed by atoms with Crippen molar-refractivity contribution < 1.29 is 19.4 Å². The summed E-state index contributed by atoms with van der Waals surface area (Å²) in [6.07, 6.45) is 1.29. The minimum absolute atomic E-state index is 0.0480. The number of carboxylic acid groups (broad SMARTS) is 1. The van der Waals surface area contributed by atoms with Crippen LogP contribution in [0.25, 0.3) is 11.4 Å². The smallest absolute Gasteiger partial charge is 0.353 e. The number of carbonyl (C=O) groups is 1. The Balaban J connectivity index is 2.36. The van der Waals surface area contributed by atoms with E-state index in [9.17, 15) is 4.79 Å². The third kappa shape index (κ3) is 2.90. The molecule has 0 aliphatic rings. The van der Waals surface area contributed by atoms with Crippen molar-refractivity contribution in [1.82, 2.24) is 9.97 Å². The number of carboxylic acids is 1. The minimum Gasteiger partial charge on any atom is -0.490 e. The van der Waals surface area contributed by atoms with Gasteiger partial charge in [-0.1, -0.05) is 0 Å². The summed E-state index contributed by atoms with van der Waals surface area (Å²) in [5, 5.41) is 8.88. The standard InChI is InChI=1S/C14H16N2O4/c1-3-19-11-6-5-9(7-12(11)20-4-2)13-15-8-10(16-13)14(17)18/h5-8H,3-4H2,1-2H3,(H,15,16)(H,17,18). The number of H-pyrrole nitrogens is 1. The summed E-state index contributed by atoms with van der Waals surface area (Å²) in [6.45, 7) is 4.85. The van der Waals surface area contributed by atoms with Crippen LogP contribution in [0.5, 0.6) is 11.5 Å². The zero-order chi connectivity index (χ0) is 14.5. The summed E-state index contributed by atoms with van der Waals surface area (Å²) in [4.78, 5) is 17.6. The molecule has 0 aliphatic carbocycles. The molecule has 20 heavy (non-hydrogen) atoms. The first-order chi connectivity index (χ1) is 9.65. The van der Waals surface area contributed by atoms with E-state index in [4.69, 9.17) is 14.6 Å². The zero-order valence-electron chi connectivity index (χ0n) is 11.3. The first kappa shape index (κ1) is 13.9. The van der Waals surface area contributed by atoms with Gasteiger partial charge in [-0.05, 0) is 32.0 Å². The van der Waals surface area contributed by atoms with Crippen LogP contribution in [0.2, 0.25) is 0 Å². The predicted octanol–water partition coefficient (Wildman–Crippen LogP) is 2.57. The highest BCUT2D eigenvalue weighted by Crippen LogP contribution is 2.31. The van der Waals surface area contributed by atoms with Crippen molar-refractivity contribution in [3.8, 4) is 22.9 Å². The van der Waals surface area contributed by atoms with Gasteiger partial charge < -0.3 is 19.6 Å². The van der Waals surface area contributed by atoms with E-state index in [0.29, 0.717) is 30.5 Å². The highest BCUT2D eigenvalue weighted by molar-refractivity contribution is 5.85. The van der Waals surface area contributed by atoms with E-state index in [1.807, 2.05) is 13.8 Å². The van der Waals surface area contributed by atoms with Crippen molar-refractivity contribution >= 4 is 5.97 Å². The molecule has 0 saturated heterocycles. The summed E-state index contributed by atoms with van der Waals surface area (Å²) >= 11 is 0. The van der Waals surface area contributed by atoms with Gasteiger partial charge in [0.2, 0.25) is 0 Å². The van der Waals surface area contributed by atoms with E-state index in [1.54, 1.807) is 18.2 Å². The maximum atomic E-state index is 10.8. The third-order valence-electron chi connectivity index (χ3n) is 2.62. The zero-order valence-corrected chi connectivity index (χ0v) is 11.3. The van der Waals surface area contributed by atoms with Gasteiger partial charge in [-0.3, -0.25) is 0 Å². The highest BCUT2D eigenvalue weighted by atomic mass is 16.5. The van der Waals surface area contributed by atoms with Crippen molar-refractivity contribution in [1.29, 1.82) is 0 Å². The normalized spacial score (nSPS) is 10.3. The molecule has 0 saturated carbocycles. The molecule has 1 heterocycles. The maximum absolute atomic E-state index is 10.8. The largest absolute Gasteiger partial charge is 0.490 e. The Labute approximate surface area is 116 Å². The molecule has 2 aromatic rings. The number of hydrogen-bond acceptors (Lipinski definition) is 4. The fourth-order valence-corrected chi connectivity index (χ4v) is 1.78. The third-order valence-corrected chi connectivity index (χ3v) is 2.62. The van der Waals surface area contributed by atoms with Gasteiger partial charge in [0.15, 0.2) is 11.5 Å². The van der Waals surface area contributed by atoms with E-state index >= 15 is 0 Å². The summed E-state index contributed by atoms with van der Waals surface area (Å²) in [7, 11) is 0. The van der Waals surface area contributed by atoms with Crippen molar-refractivity contribution in [3.05, 3.63) is 30.1 Å². The first-order valence-corrected chi connectivity index (χ1v) is 6.34. The SMILES string of the molecule is CCOc1ccc(-c2ncc(C(=O)O)[nH]2)cc1OCC. The monoisotopic (exact) mass is 276 g/mol. The second kappa shape index (κ2) is 6.10. The Morgan fingerprint density at radius 2 is 1.95 bits per heavy atom. The minimum atomic E-state index is -1.04. The molecule has 106 valence electrons. The number of ether oxygens (including phenoxy) is 2. The number of benzene rings is 1. The maximum Gasteiger partial charge on any atom is 0.353 e. The van der Waals surface area contributed by atoms with E-state index in [1.165, 1.54) is 6.20 Å². The molecule has 0 unspecified atom stereocenters. The summed E-state index contributed by atoms with van der Waals surface area (Å²) in [5.41, 5.74) is 0.788. The second-order valence-electron chi connectivity index (χ2n) is 3.98. The van der Waals surface area contributed by atoms with E-state index in [-0.39, 0.29) is 5.69 Å². The lowest BCUT2D eigenvalue weighted by Crippen LogP contribution is -1.99. The molecule has 0 spiro atoms. The topological polar surface area (TPSA) is 84.4 Å². The number of hydrogen-bond donors (Lipinski definition) is 2. The van der Waals surface area contributed by atoms with Crippen molar-refractivity contribution in [2.24, 2.45) is 0 Å². The average molecular weight is 276 g/mol. The number of nitrogens with zero attached hydrogens (tertiary/aromatic N) is 1. The van der Waals surface area contributed by atoms with Crippen LogP contribution in [-0.2, 0) is 0 Å². The molecule has 1 aromatic heterocycles. The number of rotatable bonds is 6. The van der Waals surface area contributed by atoms with Crippen LogP contribution in [0.1, 0.15) is 24.3 Å². The molecule has 6 heteroatoms. The number of nitrogens with one attached hydrogen (secondary N) is 1. The fourth-order valence-electron chi connectivity index (χ4n) is 1.78. The van der Waals surface area contributed by atoms with Gasteiger partial charge in [-0.25, -0.2) is 9.78 Å². The summed E-state index contributed by atoms with van der Waals surface area (Å²) in [5.74, 6) is 0.703. The van der Waals surface area contributed by atoms with Crippen LogP contribution in [0.4, 0.5) is 0 Å². The molecular formula is C14H16N2O4. The molecule has 0 atom stereocenters. The predicted molar refractivity (Wildman–Crippen MR) is 73.3 cm³/mol. The van der Waals surface area contributed by atoms with Crippen molar-refractivity contribution in [2.75, 3.05) is 13.2 Å². The lowest BCUT2D eigenvalue weighted by Gasteiger charge is -2.11. The number of imidazole rings is 1. The molecule has 0 radical (unpaired) electrons.